The van der Waals surface area contributed by atoms with Crippen molar-refractivity contribution in [3.63, 3.8) is 0 Å². The van der Waals surface area contributed by atoms with Crippen LogP contribution in [0.3, 0.4) is 0 Å². The summed E-state index contributed by atoms with van der Waals surface area (Å²) in [6.07, 6.45) is 1.93. The molecular formula is C24H34N2O4. The van der Waals surface area contributed by atoms with Crippen LogP contribution in [0, 0.1) is 0 Å². The minimum Gasteiger partial charge on any atom is -0.497 e. The summed E-state index contributed by atoms with van der Waals surface area (Å²) in [5, 5.41) is 10.4. The van der Waals surface area contributed by atoms with E-state index in [4.69, 9.17) is 14.2 Å². The van der Waals surface area contributed by atoms with Crippen LogP contribution in [0.15, 0.2) is 48.5 Å². The maximum atomic E-state index is 10.4. The van der Waals surface area contributed by atoms with Crippen LogP contribution in [0.2, 0.25) is 0 Å². The molecule has 0 radical (unpaired) electrons. The van der Waals surface area contributed by atoms with Crippen molar-refractivity contribution in [3.8, 4) is 17.2 Å². The normalized spacial score (nSPS) is 15.3. The molecular weight excluding hydrogens is 380 g/mol. The van der Waals surface area contributed by atoms with Crippen molar-refractivity contribution in [3.05, 3.63) is 54.1 Å². The molecule has 2 aromatic rings. The average molecular weight is 415 g/mol. The lowest BCUT2D eigenvalue weighted by molar-refractivity contribution is 0.0750. The molecule has 1 N–H and O–H groups in total. The second-order valence-electron chi connectivity index (χ2n) is 7.85. The number of aliphatic hydroxyl groups is 1. The van der Waals surface area contributed by atoms with E-state index in [-0.39, 0.29) is 6.61 Å². The van der Waals surface area contributed by atoms with E-state index in [1.807, 2.05) is 48.5 Å². The van der Waals surface area contributed by atoms with Gasteiger partial charge in [0, 0.05) is 31.3 Å². The van der Waals surface area contributed by atoms with Gasteiger partial charge in [-0.2, -0.15) is 0 Å². The third-order valence-corrected chi connectivity index (χ3v) is 5.30. The molecule has 2 aromatic carbocycles. The van der Waals surface area contributed by atoms with Crippen molar-refractivity contribution in [2.24, 2.45) is 0 Å². The highest BCUT2D eigenvalue weighted by atomic mass is 16.5. The molecule has 1 unspecified atom stereocenters. The first-order valence-corrected chi connectivity index (χ1v) is 10.7. The van der Waals surface area contributed by atoms with Crippen LogP contribution < -0.4 is 14.2 Å². The Labute approximate surface area is 180 Å². The van der Waals surface area contributed by atoms with Gasteiger partial charge in [0.15, 0.2) is 0 Å². The third kappa shape index (κ3) is 7.20. The Morgan fingerprint density at radius 3 is 2.53 bits per heavy atom. The highest BCUT2D eigenvalue weighted by Gasteiger charge is 2.17. The van der Waals surface area contributed by atoms with Crippen molar-refractivity contribution < 1.29 is 19.3 Å². The molecule has 0 bridgehead atoms. The Kier molecular flexibility index (Phi) is 8.81. The summed E-state index contributed by atoms with van der Waals surface area (Å²) in [5.41, 5.74) is 1.06. The van der Waals surface area contributed by atoms with Crippen LogP contribution in [0.5, 0.6) is 17.2 Å². The van der Waals surface area contributed by atoms with E-state index in [0.29, 0.717) is 13.2 Å². The highest BCUT2D eigenvalue weighted by molar-refractivity contribution is 5.40. The second-order valence-corrected chi connectivity index (χ2v) is 7.85. The quantitative estimate of drug-likeness (QED) is 0.576. The Morgan fingerprint density at radius 1 is 1.03 bits per heavy atom. The molecule has 1 aliphatic rings. The summed E-state index contributed by atoms with van der Waals surface area (Å²) in [7, 11) is 3.71. The van der Waals surface area contributed by atoms with E-state index >= 15 is 0 Å². The van der Waals surface area contributed by atoms with E-state index in [1.165, 1.54) is 12.8 Å². The van der Waals surface area contributed by atoms with Crippen molar-refractivity contribution in [1.29, 1.82) is 0 Å². The molecule has 0 saturated carbocycles. The Bertz CT molecular complexity index is 750. The van der Waals surface area contributed by atoms with Crippen LogP contribution in [0.1, 0.15) is 18.4 Å². The van der Waals surface area contributed by atoms with Crippen molar-refractivity contribution in [1.82, 2.24) is 9.80 Å². The number of likely N-dealkylation sites (N-methyl/N-ethyl adjacent to an activating group) is 1. The van der Waals surface area contributed by atoms with Gasteiger partial charge in [-0.3, -0.25) is 4.90 Å². The number of para-hydroxylation sites is 1. The van der Waals surface area contributed by atoms with E-state index in [0.717, 1.165) is 49.0 Å². The van der Waals surface area contributed by atoms with Gasteiger partial charge in [-0.25, -0.2) is 0 Å². The van der Waals surface area contributed by atoms with Crippen LogP contribution in [-0.4, -0.2) is 74.6 Å². The molecule has 0 spiro atoms. The van der Waals surface area contributed by atoms with E-state index in [9.17, 15) is 5.11 Å². The number of benzene rings is 2. The first-order valence-electron chi connectivity index (χ1n) is 10.7. The van der Waals surface area contributed by atoms with Crippen LogP contribution >= 0.6 is 0 Å². The van der Waals surface area contributed by atoms with Gasteiger partial charge in [-0.1, -0.05) is 24.3 Å². The van der Waals surface area contributed by atoms with Crippen molar-refractivity contribution in [2.75, 3.05) is 53.6 Å². The summed E-state index contributed by atoms with van der Waals surface area (Å²) in [4.78, 5) is 4.49. The molecule has 0 amide bonds. The van der Waals surface area contributed by atoms with Crippen LogP contribution in [0.25, 0.3) is 0 Å². The zero-order chi connectivity index (χ0) is 21.2. The van der Waals surface area contributed by atoms with Gasteiger partial charge in [-0.05, 0) is 51.2 Å². The predicted octanol–water partition coefficient (Wildman–Crippen LogP) is 3.04. The molecule has 30 heavy (non-hydrogen) atoms. The molecule has 164 valence electrons. The number of hydrogen-bond acceptors (Lipinski definition) is 6. The molecule has 3 rings (SSSR count). The number of rotatable bonds is 12. The average Bonchev–Trinajstić information content (AvgIpc) is 3.26. The van der Waals surface area contributed by atoms with Gasteiger partial charge in [0.25, 0.3) is 0 Å². The number of hydrogen-bond donors (Lipinski definition) is 1. The molecule has 0 aromatic heterocycles. The van der Waals surface area contributed by atoms with Gasteiger partial charge in [0.05, 0.1) is 7.11 Å². The number of aliphatic hydroxyl groups excluding tert-OH is 1. The zero-order valence-corrected chi connectivity index (χ0v) is 18.1. The monoisotopic (exact) mass is 414 g/mol. The Morgan fingerprint density at radius 2 is 1.80 bits per heavy atom. The number of ether oxygens (including phenoxy) is 3. The molecule has 1 saturated heterocycles. The maximum absolute atomic E-state index is 10.4. The highest BCUT2D eigenvalue weighted by Crippen LogP contribution is 2.26. The smallest absolute Gasteiger partial charge is 0.127 e. The largest absolute Gasteiger partial charge is 0.497 e. The third-order valence-electron chi connectivity index (χ3n) is 5.30. The fraction of sp³-hybridized carbons (Fsp3) is 0.500. The fourth-order valence-corrected chi connectivity index (χ4v) is 3.63. The van der Waals surface area contributed by atoms with Gasteiger partial charge < -0.3 is 24.2 Å². The lowest BCUT2D eigenvalue weighted by atomic mass is 10.1. The van der Waals surface area contributed by atoms with Crippen LogP contribution in [-0.2, 0) is 6.54 Å². The predicted molar refractivity (Wildman–Crippen MR) is 118 cm³/mol. The molecule has 1 heterocycles. The summed E-state index contributed by atoms with van der Waals surface area (Å²) in [6.45, 7) is 5.20. The van der Waals surface area contributed by atoms with Gasteiger partial charge in [0.2, 0.25) is 0 Å². The summed E-state index contributed by atoms with van der Waals surface area (Å²) in [5.74, 6) is 2.38. The molecule has 1 atom stereocenters. The minimum absolute atomic E-state index is 0.275. The van der Waals surface area contributed by atoms with Crippen LogP contribution in [0.4, 0.5) is 0 Å². The summed E-state index contributed by atoms with van der Waals surface area (Å²) < 4.78 is 17.2. The summed E-state index contributed by atoms with van der Waals surface area (Å²) >= 11 is 0. The Hall–Kier alpha value is -2.28. The van der Waals surface area contributed by atoms with E-state index < -0.39 is 6.10 Å². The second kappa shape index (κ2) is 11.8. The SMILES string of the molecule is COc1ccc(CN(C)CCOc2ccccc2)c(OCC(O)CN2CCCC2)c1. The minimum atomic E-state index is -0.501. The molecule has 0 aliphatic carbocycles. The Balaban J connectivity index is 1.51. The number of likely N-dealkylation sites (tertiary alicyclic amines) is 1. The number of β-amino-alcohol motifs (C(OH)–C–C–N with tert-alkyl or cyclic N) is 1. The topological polar surface area (TPSA) is 54.4 Å². The molecule has 1 fully saturated rings. The van der Waals surface area contributed by atoms with Gasteiger partial charge in [-0.15, -0.1) is 0 Å². The zero-order valence-electron chi connectivity index (χ0n) is 18.1. The van der Waals surface area contributed by atoms with E-state index in [1.54, 1.807) is 7.11 Å². The lowest BCUT2D eigenvalue weighted by Crippen LogP contribution is -2.33. The number of methoxy groups -OCH3 is 1. The number of nitrogens with zero attached hydrogens (tertiary/aromatic N) is 2. The first-order chi connectivity index (χ1) is 14.6. The van der Waals surface area contributed by atoms with Gasteiger partial charge >= 0.3 is 0 Å². The maximum Gasteiger partial charge on any atom is 0.127 e. The van der Waals surface area contributed by atoms with Crippen molar-refractivity contribution >= 4 is 0 Å². The summed E-state index contributed by atoms with van der Waals surface area (Å²) in [6, 6.07) is 15.7. The van der Waals surface area contributed by atoms with Gasteiger partial charge in [0.1, 0.15) is 36.6 Å². The molecule has 6 nitrogen and oxygen atoms in total. The first kappa shape index (κ1) is 22.4. The standard InChI is InChI=1S/C24H34N2O4/c1-25(14-15-29-22-8-4-3-5-9-22)17-20-10-11-23(28-2)16-24(20)30-19-21(27)18-26-12-6-7-13-26/h3-5,8-11,16,21,27H,6-7,12-15,17-19H2,1-2H3. The fourth-order valence-electron chi connectivity index (χ4n) is 3.63. The molecule has 1 aliphatic heterocycles. The molecule has 6 heteroatoms. The van der Waals surface area contributed by atoms with Crippen molar-refractivity contribution in [2.45, 2.75) is 25.5 Å². The van der Waals surface area contributed by atoms with E-state index in [2.05, 4.69) is 16.8 Å². The lowest BCUT2D eigenvalue weighted by Gasteiger charge is -2.22.